The Balaban J connectivity index is 1.46. The number of aromatic nitrogens is 7. The fourth-order valence-corrected chi connectivity index (χ4v) is 6.64. The van der Waals surface area contributed by atoms with E-state index in [0.717, 1.165) is 40.4 Å². The Kier molecular flexibility index (Phi) is 7.13. The van der Waals surface area contributed by atoms with E-state index in [1.54, 1.807) is 11.3 Å². The summed E-state index contributed by atoms with van der Waals surface area (Å²) in [5.74, 6) is 3.31. The van der Waals surface area contributed by atoms with Crippen LogP contribution in [0.2, 0.25) is 0 Å². The molecule has 1 atom stereocenters. The molecular weight excluding hydrogens is 514 g/mol. The van der Waals surface area contributed by atoms with E-state index in [1.165, 1.54) is 44.9 Å². The molecule has 0 spiro atoms. The van der Waals surface area contributed by atoms with Crippen molar-refractivity contribution in [3.8, 4) is 11.6 Å². The molecule has 2 saturated carbocycles. The second kappa shape index (κ2) is 10.7. The van der Waals surface area contributed by atoms with Crippen LogP contribution < -0.4 is 16.0 Å². The van der Waals surface area contributed by atoms with Crippen molar-refractivity contribution in [1.82, 2.24) is 34.6 Å². The molecule has 11 nitrogen and oxygen atoms in total. The highest BCUT2D eigenvalue weighted by Gasteiger charge is 2.29. The Labute approximate surface area is 231 Å². The van der Waals surface area contributed by atoms with E-state index in [2.05, 4.69) is 56.2 Å². The van der Waals surface area contributed by atoms with Crippen molar-refractivity contribution in [2.45, 2.75) is 84.8 Å². The van der Waals surface area contributed by atoms with Crippen molar-refractivity contribution < 1.29 is 4.52 Å². The van der Waals surface area contributed by atoms with Crippen LogP contribution in [-0.2, 0) is 13.1 Å². The summed E-state index contributed by atoms with van der Waals surface area (Å²) in [6, 6.07) is 0.249. The van der Waals surface area contributed by atoms with Crippen molar-refractivity contribution in [3.63, 3.8) is 0 Å². The van der Waals surface area contributed by atoms with Crippen molar-refractivity contribution in [2.75, 3.05) is 17.3 Å². The summed E-state index contributed by atoms with van der Waals surface area (Å²) in [5.41, 5.74) is 2.50. The van der Waals surface area contributed by atoms with Gasteiger partial charge in [0, 0.05) is 30.7 Å². The quantitative estimate of drug-likeness (QED) is 0.295. The highest BCUT2D eigenvalue weighted by atomic mass is 32.1. The number of hydrogen-bond acceptors (Lipinski definition) is 10. The first-order valence-corrected chi connectivity index (χ1v) is 14.9. The van der Waals surface area contributed by atoms with E-state index in [4.69, 9.17) is 19.5 Å². The van der Waals surface area contributed by atoms with E-state index < -0.39 is 5.76 Å². The normalized spacial score (nSPS) is 20.7. The van der Waals surface area contributed by atoms with Gasteiger partial charge in [-0.15, -0.1) is 16.3 Å². The van der Waals surface area contributed by atoms with Gasteiger partial charge in [-0.1, -0.05) is 26.2 Å². The van der Waals surface area contributed by atoms with Gasteiger partial charge in [-0.2, -0.15) is 10.1 Å². The average Bonchev–Trinajstić information content (AvgIpc) is 3.58. The molecule has 12 heteroatoms. The lowest BCUT2D eigenvalue weighted by Gasteiger charge is -2.32. The third-order valence-corrected chi connectivity index (χ3v) is 9.36. The summed E-state index contributed by atoms with van der Waals surface area (Å²) in [6.07, 6.45) is 8.62. The number of nitrogens with zero attached hydrogens (tertiary/aromatic N) is 7. The van der Waals surface area contributed by atoms with Crippen molar-refractivity contribution in [1.29, 1.82) is 0 Å². The molecule has 6 rings (SSSR count). The number of imidazole rings is 1. The van der Waals surface area contributed by atoms with E-state index >= 15 is 0 Å². The predicted molar refractivity (Wildman–Crippen MR) is 152 cm³/mol. The second-order valence-corrected chi connectivity index (χ2v) is 12.5. The summed E-state index contributed by atoms with van der Waals surface area (Å²) < 4.78 is 7.14. The average molecular weight is 552 g/mol. The van der Waals surface area contributed by atoms with E-state index in [9.17, 15) is 4.79 Å². The summed E-state index contributed by atoms with van der Waals surface area (Å²) in [5, 5.41) is 9.38. The third kappa shape index (κ3) is 5.43. The van der Waals surface area contributed by atoms with Crippen molar-refractivity contribution in [2.24, 2.45) is 17.8 Å². The number of nitrogens with one attached hydrogen (secondary N) is 2. The largest absolute Gasteiger partial charge is 0.460 e. The lowest BCUT2D eigenvalue weighted by atomic mass is 9.80. The van der Waals surface area contributed by atoms with E-state index in [1.807, 2.05) is 6.92 Å². The molecule has 0 amide bonds. The van der Waals surface area contributed by atoms with Gasteiger partial charge in [-0.25, -0.2) is 19.7 Å². The number of fused-ring (bicyclic) bond motifs is 1. The summed E-state index contributed by atoms with van der Waals surface area (Å²) in [7, 11) is 2.06. The molecule has 4 aromatic heterocycles. The Hall–Kier alpha value is -3.28. The predicted octanol–water partition coefficient (Wildman–Crippen LogP) is 5.00. The Bertz CT molecular complexity index is 1490. The molecule has 0 aromatic carbocycles. The maximum atomic E-state index is 11.7. The topological polar surface area (TPSA) is 131 Å². The first-order valence-electron chi connectivity index (χ1n) is 14.1. The van der Waals surface area contributed by atoms with Gasteiger partial charge in [0.2, 0.25) is 17.6 Å². The first kappa shape index (κ1) is 26.0. The highest BCUT2D eigenvalue weighted by molar-refractivity contribution is 7.09. The van der Waals surface area contributed by atoms with Gasteiger partial charge in [0.1, 0.15) is 10.5 Å². The zero-order valence-electron chi connectivity index (χ0n) is 23.1. The third-order valence-electron chi connectivity index (χ3n) is 8.41. The molecule has 39 heavy (non-hydrogen) atoms. The number of thiazole rings is 1. The van der Waals surface area contributed by atoms with Gasteiger partial charge in [0.15, 0.2) is 11.5 Å². The fraction of sp³-hybridized carbons (Fsp3) is 0.630. The molecule has 2 aliphatic rings. The monoisotopic (exact) mass is 551 g/mol. The summed E-state index contributed by atoms with van der Waals surface area (Å²) in [6.45, 7) is 8.10. The maximum absolute atomic E-state index is 11.7. The smallest absolute Gasteiger partial charge is 0.365 e. The number of rotatable bonds is 9. The highest BCUT2D eigenvalue weighted by Crippen LogP contribution is 2.36. The van der Waals surface area contributed by atoms with Crippen LogP contribution in [0.25, 0.3) is 22.8 Å². The Morgan fingerprint density at radius 1 is 1.15 bits per heavy atom. The van der Waals surface area contributed by atoms with Crippen LogP contribution in [0.1, 0.15) is 69.5 Å². The maximum Gasteiger partial charge on any atom is 0.460 e. The summed E-state index contributed by atoms with van der Waals surface area (Å²) >= 11 is 1.66. The fourth-order valence-electron chi connectivity index (χ4n) is 5.81. The number of anilines is 2. The van der Waals surface area contributed by atoms with Crippen LogP contribution in [0.4, 0.5) is 11.8 Å². The molecular formula is C27H37N9O2S. The molecule has 208 valence electrons. The van der Waals surface area contributed by atoms with Crippen molar-refractivity contribution in [3.05, 3.63) is 26.6 Å². The van der Waals surface area contributed by atoms with Crippen LogP contribution in [0.5, 0.6) is 0 Å². The van der Waals surface area contributed by atoms with Gasteiger partial charge in [-0.3, -0.25) is 0 Å². The molecule has 0 aliphatic heterocycles. The van der Waals surface area contributed by atoms with Crippen LogP contribution in [0, 0.1) is 24.7 Å². The van der Waals surface area contributed by atoms with Crippen LogP contribution in [0.15, 0.2) is 14.7 Å². The van der Waals surface area contributed by atoms with Gasteiger partial charge in [0.05, 0.1) is 6.54 Å². The Morgan fingerprint density at radius 2 is 1.95 bits per heavy atom. The minimum atomic E-state index is -0.706. The van der Waals surface area contributed by atoms with Crippen LogP contribution >= 0.6 is 11.3 Å². The summed E-state index contributed by atoms with van der Waals surface area (Å²) in [4.78, 5) is 37.1. The molecule has 0 unspecified atom stereocenters. The minimum Gasteiger partial charge on any atom is -0.365 e. The van der Waals surface area contributed by atoms with E-state index in [0.29, 0.717) is 24.0 Å². The number of aryl methyl sites for hydroxylation is 1. The lowest BCUT2D eigenvalue weighted by Crippen LogP contribution is -2.31. The van der Waals surface area contributed by atoms with Gasteiger partial charge >= 0.3 is 5.76 Å². The molecule has 0 saturated heterocycles. The number of H-pyrrole nitrogens is 1. The molecule has 0 radical (unpaired) electrons. The molecule has 2 N–H and O–H groups in total. The first-order chi connectivity index (χ1) is 18.8. The molecule has 2 aliphatic carbocycles. The minimum absolute atomic E-state index is 0.199. The van der Waals surface area contributed by atoms with Gasteiger partial charge < -0.3 is 19.3 Å². The molecule has 0 bridgehead atoms. The molecule has 2 fully saturated rings. The van der Waals surface area contributed by atoms with Crippen LogP contribution in [0.3, 0.4) is 0 Å². The number of hydrogen-bond donors (Lipinski definition) is 2. The molecule has 4 aromatic rings. The van der Waals surface area contributed by atoms with Gasteiger partial charge in [-0.05, 0) is 57.3 Å². The standard InChI is InChI=1S/C27H37N9O2S/c1-15-8-10-18(11-9-15)12-36-21-22(29-17(3)19-6-5-7-19)30-24(25-33-27(37)38-34-25)31-23(21)32-26(36)35(4)13-20-28-16(2)14-39-20/h14-15,17-19H,5-13H2,1-4H3,(H,29,30,31)(H,33,34,37)/t15?,17-,18?/m1/s1. The van der Waals surface area contributed by atoms with Crippen LogP contribution in [-0.4, -0.2) is 47.7 Å². The zero-order chi connectivity index (χ0) is 27.1. The second-order valence-electron chi connectivity index (χ2n) is 11.5. The Morgan fingerprint density at radius 3 is 2.59 bits per heavy atom. The SMILES string of the molecule is Cc1csc(CN(C)c2nc3nc(-c4nc(=O)o[nH]4)nc(N[C@H](C)C4CCC4)c3n2CC2CCC(C)CC2)n1. The van der Waals surface area contributed by atoms with E-state index in [-0.39, 0.29) is 17.7 Å². The number of aromatic amines is 1. The van der Waals surface area contributed by atoms with Crippen molar-refractivity contribution >= 4 is 34.3 Å². The lowest BCUT2D eigenvalue weighted by molar-refractivity contribution is 0.267. The van der Waals surface area contributed by atoms with Gasteiger partial charge in [0.25, 0.3) is 0 Å². The molecule has 4 heterocycles. The zero-order valence-corrected chi connectivity index (χ0v) is 23.9.